The number of nitrogens with zero attached hydrogens (tertiary/aromatic N) is 1. The normalized spacial score (nSPS) is 8.87. The van der Waals surface area contributed by atoms with E-state index in [9.17, 15) is 14.7 Å². The maximum atomic E-state index is 11.5. The maximum absolute atomic E-state index is 11.5. The van der Waals surface area contributed by atoms with E-state index in [1.807, 2.05) is 0 Å². The number of hydrogen-bond acceptors (Lipinski definition) is 3. The molecule has 0 aliphatic rings. The second-order valence-corrected chi connectivity index (χ2v) is 3.73. The molecular formula is C9H7INNaO3. The number of halogens is 1. The Hall–Kier alpha value is -0.110. The number of carbonyl (C=O) groups excluding carboxylic acids is 2. The van der Waals surface area contributed by atoms with Gasteiger partial charge in [-0.2, -0.15) is 0 Å². The van der Waals surface area contributed by atoms with Crippen LogP contribution in [0.3, 0.4) is 0 Å². The van der Waals surface area contributed by atoms with E-state index < -0.39 is 12.5 Å². The van der Waals surface area contributed by atoms with E-state index in [0.29, 0.717) is 5.56 Å². The van der Waals surface area contributed by atoms with Crippen LogP contribution >= 0.6 is 22.9 Å². The zero-order chi connectivity index (χ0) is 10.6. The Morgan fingerprint density at radius 1 is 1.27 bits per heavy atom. The summed E-state index contributed by atoms with van der Waals surface area (Å²) in [5, 5.41) is 10.2. The van der Waals surface area contributed by atoms with Crippen LogP contribution in [0, 0.1) is 0 Å². The van der Waals surface area contributed by atoms with Gasteiger partial charge in [-0.05, 0) is 12.1 Å². The molecule has 0 saturated carbocycles. The second kappa shape index (κ2) is 7.21. The number of aliphatic carboxylic acids is 1. The summed E-state index contributed by atoms with van der Waals surface area (Å²) in [6, 6.07) is 8.48. The Kier molecular flexibility index (Phi) is 7.16. The third-order valence-electron chi connectivity index (χ3n) is 1.51. The van der Waals surface area contributed by atoms with Gasteiger partial charge in [-0.15, -0.1) is 0 Å². The summed E-state index contributed by atoms with van der Waals surface area (Å²) < 4.78 is 1.07. The molecule has 0 unspecified atom stereocenters. The first-order chi connectivity index (χ1) is 6.61. The molecule has 0 bridgehead atoms. The number of hydrogen-bond donors (Lipinski definition) is 0. The van der Waals surface area contributed by atoms with Crippen LogP contribution in [0.25, 0.3) is 0 Å². The Balaban J connectivity index is 0.00000196. The van der Waals surface area contributed by atoms with Gasteiger partial charge in [0.1, 0.15) is 0 Å². The van der Waals surface area contributed by atoms with E-state index in [0.717, 1.165) is 3.11 Å². The minimum atomic E-state index is -1.27. The van der Waals surface area contributed by atoms with Crippen LogP contribution in [0.5, 0.6) is 0 Å². The fourth-order valence-corrected chi connectivity index (χ4v) is 1.46. The predicted octanol–water partition coefficient (Wildman–Crippen LogP) is -2.77. The van der Waals surface area contributed by atoms with Gasteiger partial charge in [0.25, 0.3) is 5.91 Å². The van der Waals surface area contributed by atoms with E-state index in [2.05, 4.69) is 0 Å². The SMILES string of the molecule is O=C([O-])CN(I)C(=O)c1ccccc1.[Na+]. The third-order valence-corrected chi connectivity index (χ3v) is 2.29. The van der Waals surface area contributed by atoms with Gasteiger partial charge < -0.3 is 9.90 Å². The second-order valence-electron chi connectivity index (χ2n) is 2.56. The molecule has 0 radical (unpaired) electrons. The molecule has 15 heavy (non-hydrogen) atoms. The number of carboxylic acids is 1. The van der Waals surface area contributed by atoms with E-state index in [-0.39, 0.29) is 35.5 Å². The van der Waals surface area contributed by atoms with Gasteiger partial charge in [0.15, 0.2) is 0 Å². The van der Waals surface area contributed by atoms with Gasteiger partial charge in [-0.3, -0.25) is 7.91 Å². The topological polar surface area (TPSA) is 60.4 Å². The van der Waals surface area contributed by atoms with Crippen LogP contribution in [0.2, 0.25) is 0 Å². The Morgan fingerprint density at radius 2 is 1.80 bits per heavy atom. The van der Waals surface area contributed by atoms with Gasteiger partial charge in [0.05, 0.1) is 35.4 Å². The molecule has 0 N–H and O–H groups in total. The van der Waals surface area contributed by atoms with Crippen LogP contribution in [0.4, 0.5) is 0 Å². The van der Waals surface area contributed by atoms with Crippen LogP contribution < -0.4 is 34.7 Å². The summed E-state index contributed by atoms with van der Waals surface area (Å²) in [7, 11) is 0. The first-order valence-corrected chi connectivity index (χ1v) is 4.80. The van der Waals surface area contributed by atoms with Crippen molar-refractivity contribution in [3.05, 3.63) is 35.9 Å². The molecule has 0 aliphatic carbocycles. The average molecular weight is 327 g/mol. The van der Waals surface area contributed by atoms with Crippen molar-refractivity contribution in [2.24, 2.45) is 0 Å². The zero-order valence-electron chi connectivity index (χ0n) is 8.14. The summed E-state index contributed by atoms with van der Waals surface area (Å²) in [6.45, 7) is -0.408. The molecule has 74 valence electrons. The average Bonchev–Trinajstić information content (AvgIpc) is 2.17. The first-order valence-electron chi connectivity index (χ1n) is 3.84. The van der Waals surface area contributed by atoms with Crippen molar-refractivity contribution in [2.75, 3.05) is 6.54 Å². The van der Waals surface area contributed by atoms with Crippen molar-refractivity contribution in [3.8, 4) is 0 Å². The Bertz CT molecular complexity index is 344. The van der Waals surface area contributed by atoms with E-state index in [1.165, 1.54) is 0 Å². The van der Waals surface area contributed by atoms with E-state index in [1.54, 1.807) is 53.2 Å². The number of carbonyl (C=O) groups is 2. The smallest absolute Gasteiger partial charge is 0.548 e. The number of rotatable bonds is 3. The molecule has 0 heterocycles. The molecule has 0 fully saturated rings. The molecule has 0 saturated heterocycles. The van der Waals surface area contributed by atoms with Crippen molar-refractivity contribution in [2.45, 2.75) is 0 Å². The molecule has 1 rings (SSSR count). The minimum absolute atomic E-state index is 0. The monoisotopic (exact) mass is 327 g/mol. The molecule has 0 atom stereocenters. The van der Waals surface area contributed by atoms with Crippen molar-refractivity contribution in [1.29, 1.82) is 0 Å². The Labute approximate surface area is 123 Å². The van der Waals surface area contributed by atoms with Crippen molar-refractivity contribution < 1.29 is 44.3 Å². The molecule has 6 heteroatoms. The third kappa shape index (κ3) is 4.96. The molecule has 0 spiro atoms. The molecule has 0 aromatic heterocycles. The quantitative estimate of drug-likeness (QED) is 0.343. The van der Waals surface area contributed by atoms with Crippen LogP contribution in [-0.4, -0.2) is 21.5 Å². The summed E-state index contributed by atoms with van der Waals surface area (Å²) in [5.74, 6) is -1.61. The van der Waals surface area contributed by atoms with Gasteiger partial charge in [-0.25, -0.2) is 0 Å². The Morgan fingerprint density at radius 3 is 2.27 bits per heavy atom. The summed E-state index contributed by atoms with van der Waals surface area (Å²) >= 11 is 1.65. The maximum Gasteiger partial charge on any atom is 1.00 e. The first kappa shape index (κ1) is 14.9. The van der Waals surface area contributed by atoms with Crippen molar-refractivity contribution in [3.63, 3.8) is 0 Å². The van der Waals surface area contributed by atoms with Crippen molar-refractivity contribution >= 4 is 34.7 Å². The molecule has 0 aliphatic heterocycles. The fraction of sp³-hybridized carbons (Fsp3) is 0.111. The standard InChI is InChI=1S/C9H8INO3.Na/c10-11(6-8(12)13)9(14)7-4-2-1-3-5-7;/h1-5H,6H2,(H,12,13);/q;+1/p-1. The number of benzene rings is 1. The van der Waals surface area contributed by atoms with Crippen LogP contribution in [-0.2, 0) is 4.79 Å². The van der Waals surface area contributed by atoms with E-state index >= 15 is 0 Å². The summed E-state index contributed by atoms with van der Waals surface area (Å²) in [6.07, 6.45) is 0. The summed E-state index contributed by atoms with van der Waals surface area (Å²) in [5.41, 5.74) is 0.461. The largest absolute Gasteiger partial charge is 1.00 e. The van der Waals surface area contributed by atoms with E-state index in [4.69, 9.17) is 0 Å². The van der Waals surface area contributed by atoms with Crippen LogP contribution in [0.1, 0.15) is 10.4 Å². The van der Waals surface area contributed by atoms with Gasteiger partial charge >= 0.3 is 29.6 Å². The van der Waals surface area contributed by atoms with Gasteiger partial charge in [-0.1, -0.05) is 18.2 Å². The number of carboxylic acid groups (broad SMARTS) is 1. The van der Waals surface area contributed by atoms with Gasteiger partial charge in [0.2, 0.25) is 0 Å². The van der Waals surface area contributed by atoms with Crippen LogP contribution in [0.15, 0.2) is 30.3 Å². The van der Waals surface area contributed by atoms with Crippen molar-refractivity contribution in [1.82, 2.24) is 3.11 Å². The van der Waals surface area contributed by atoms with Gasteiger partial charge in [0, 0.05) is 5.56 Å². The summed E-state index contributed by atoms with van der Waals surface area (Å²) in [4.78, 5) is 21.7. The zero-order valence-corrected chi connectivity index (χ0v) is 12.3. The molecule has 1 amide bonds. The predicted molar refractivity (Wildman–Crippen MR) is 56.5 cm³/mol. The molecule has 1 aromatic carbocycles. The molecular weight excluding hydrogens is 320 g/mol. The minimum Gasteiger partial charge on any atom is -0.548 e. The fourth-order valence-electron chi connectivity index (χ4n) is 0.906. The molecule has 4 nitrogen and oxygen atoms in total. The molecule has 1 aromatic rings. The number of amides is 1.